The molecule has 2 unspecified atom stereocenters. The summed E-state index contributed by atoms with van der Waals surface area (Å²) in [6.45, 7) is 6.48. The van der Waals surface area contributed by atoms with Crippen LogP contribution >= 0.6 is 11.6 Å². The Bertz CT molecular complexity index is 738. The molecule has 0 aliphatic carbocycles. The molecule has 24 heavy (non-hydrogen) atoms. The van der Waals surface area contributed by atoms with Gasteiger partial charge in [0.25, 0.3) is 0 Å². The molecule has 2 atom stereocenters. The van der Waals surface area contributed by atoms with Crippen molar-refractivity contribution in [2.45, 2.75) is 32.9 Å². The van der Waals surface area contributed by atoms with E-state index >= 15 is 0 Å². The lowest BCUT2D eigenvalue weighted by Crippen LogP contribution is -2.50. The fourth-order valence-corrected chi connectivity index (χ4v) is 3.07. The van der Waals surface area contributed by atoms with Crippen LogP contribution < -0.4 is 4.90 Å². The predicted molar refractivity (Wildman–Crippen MR) is 89.9 cm³/mol. The van der Waals surface area contributed by atoms with Crippen molar-refractivity contribution in [3.8, 4) is 5.69 Å². The van der Waals surface area contributed by atoms with Crippen molar-refractivity contribution < 1.29 is 14.6 Å². The molecule has 0 bridgehead atoms. The van der Waals surface area contributed by atoms with Gasteiger partial charge in [-0.3, -0.25) is 9.88 Å². The van der Waals surface area contributed by atoms with E-state index in [1.54, 1.807) is 24.7 Å². The van der Waals surface area contributed by atoms with Crippen LogP contribution in [0.1, 0.15) is 20.8 Å². The van der Waals surface area contributed by atoms with Crippen molar-refractivity contribution >= 4 is 23.4 Å². The van der Waals surface area contributed by atoms with E-state index in [2.05, 4.69) is 10.1 Å². The molecule has 0 saturated carbocycles. The highest BCUT2D eigenvalue weighted by Gasteiger charge is 2.47. The normalized spacial score (nSPS) is 18.2. The third kappa shape index (κ3) is 3.22. The zero-order valence-electron chi connectivity index (χ0n) is 13.7. The molecule has 7 nitrogen and oxygen atoms in total. The van der Waals surface area contributed by atoms with Crippen molar-refractivity contribution in [2.24, 2.45) is 5.41 Å². The molecular weight excluding hydrogens is 332 g/mol. The molecule has 8 heteroatoms. The van der Waals surface area contributed by atoms with Crippen LogP contribution in [0.3, 0.4) is 0 Å². The number of anilines is 1. The molecule has 1 aliphatic heterocycles. The van der Waals surface area contributed by atoms with Gasteiger partial charge >= 0.3 is 6.09 Å². The topological polar surface area (TPSA) is 83.8 Å². The maximum atomic E-state index is 12.0. The smallest absolute Gasteiger partial charge is 0.412 e. The molecule has 1 aliphatic rings. The van der Waals surface area contributed by atoms with Crippen LogP contribution in [-0.2, 0) is 4.74 Å². The fourth-order valence-electron chi connectivity index (χ4n) is 2.85. The molecule has 1 amide bonds. The Morgan fingerprint density at radius 3 is 2.75 bits per heavy atom. The molecule has 2 aromatic heterocycles. The molecular formula is C16H19ClN4O3. The molecule has 3 rings (SSSR count). The van der Waals surface area contributed by atoms with Crippen molar-refractivity contribution in [1.82, 2.24) is 14.8 Å². The summed E-state index contributed by atoms with van der Waals surface area (Å²) in [5, 5.41) is 14.1. The number of carbonyl (C=O) groups is 1. The molecule has 0 aromatic carbocycles. The fraction of sp³-hybridized carbons (Fsp3) is 0.438. The second-order valence-corrected chi connectivity index (χ2v) is 7.15. The van der Waals surface area contributed by atoms with Gasteiger partial charge in [-0.05, 0) is 17.5 Å². The molecule has 128 valence electrons. The number of nitrogens with zero attached hydrogens (tertiary/aromatic N) is 4. The molecule has 3 heterocycles. The lowest BCUT2D eigenvalue weighted by molar-refractivity contribution is 0.180. The summed E-state index contributed by atoms with van der Waals surface area (Å²) in [6.07, 6.45) is 3.66. The van der Waals surface area contributed by atoms with Crippen LogP contribution in [0.2, 0.25) is 5.15 Å². The van der Waals surface area contributed by atoms with Gasteiger partial charge in [-0.2, -0.15) is 5.10 Å². The van der Waals surface area contributed by atoms with Gasteiger partial charge in [0.05, 0.1) is 30.7 Å². The minimum Gasteiger partial charge on any atom is -0.465 e. The van der Waals surface area contributed by atoms with Gasteiger partial charge in [-0.1, -0.05) is 32.4 Å². The van der Waals surface area contributed by atoms with Crippen LogP contribution in [0.15, 0.2) is 30.7 Å². The third-order valence-electron chi connectivity index (χ3n) is 3.90. The highest BCUT2D eigenvalue weighted by atomic mass is 35.5. The van der Waals surface area contributed by atoms with E-state index in [4.69, 9.17) is 16.3 Å². The van der Waals surface area contributed by atoms with Crippen molar-refractivity contribution in [3.05, 3.63) is 35.9 Å². The lowest BCUT2D eigenvalue weighted by atomic mass is 9.83. The van der Waals surface area contributed by atoms with E-state index in [9.17, 15) is 9.90 Å². The molecule has 1 saturated heterocycles. The second kappa shape index (κ2) is 6.07. The Morgan fingerprint density at radius 1 is 1.54 bits per heavy atom. The maximum Gasteiger partial charge on any atom is 0.412 e. The number of carboxylic acid groups (broad SMARTS) is 1. The number of hydrogen-bond donors (Lipinski definition) is 1. The summed E-state index contributed by atoms with van der Waals surface area (Å²) in [5.41, 5.74) is 0.716. The van der Waals surface area contributed by atoms with Gasteiger partial charge < -0.3 is 9.84 Å². The summed E-state index contributed by atoms with van der Waals surface area (Å²) in [7, 11) is 0. The first-order valence-electron chi connectivity index (χ1n) is 7.58. The van der Waals surface area contributed by atoms with Gasteiger partial charge in [0.15, 0.2) is 5.15 Å². The summed E-state index contributed by atoms with van der Waals surface area (Å²) in [4.78, 5) is 17.3. The average molecular weight is 351 g/mol. The summed E-state index contributed by atoms with van der Waals surface area (Å²) >= 11 is 6.25. The van der Waals surface area contributed by atoms with Crippen LogP contribution in [0.25, 0.3) is 5.69 Å². The second-order valence-electron chi connectivity index (χ2n) is 6.80. The van der Waals surface area contributed by atoms with Crippen LogP contribution in [0, 0.1) is 5.41 Å². The zero-order valence-corrected chi connectivity index (χ0v) is 14.4. The van der Waals surface area contributed by atoms with E-state index in [-0.39, 0.29) is 22.7 Å². The number of pyridine rings is 1. The van der Waals surface area contributed by atoms with E-state index in [1.807, 2.05) is 26.8 Å². The quantitative estimate of drug-likeness (QED) is 0.856. The van der Waals surface area contributed by atoms with Gasteiger partial charge in [0.1, 0.15) is 11.8 Å². The Balaban J connectivity index is 2.04. The molecule has 0 spiro atoms. The van der Waals surface area contributed by atoms with Crippen LogP contribution in [0.5, 0.6) is 0 Å². The molecule has 0 radical (unpaired) electrons. The largest absolute Gasteiger partial charge is 0.465 e. The molecule has 1 N–H and O–H groups in total. The number of ether oxygens (including phenoxy) is 1. The maximum absolute atomic E-state index is 12.0. The van der Waals surface area contributed by atoms with Crippen LogP contribution in [-0.4, -0.2) is 44.7 Å². The van der Waals surface area contributed by atoms with E-state index in [1.165, 1.54) is 9.58 Å². The molecule has 2 aromatic rings. The monoisotopic (exact) mass is 350 g/mol. The van der Waals surface area contributed by atoms with Gasteiger partial charge in [0.2, 0.25) is 0 Å². The number of hydrogen-bond acceptors (Lipinski definition) is 4. The lowest BCUT2D eigenvalue weighted by Gasteiger charge is -2.37. The van der Waals surface area contributed by atoms with E-state index < -0.39 is 6.09 Å². The Kier molecular flexibility index (Phi) is 4.23. The Labute approximate surface area is 144 Å². The zero-order chi connectivity index (χ0) is 17.5. The third-order valence-corrected chi connectivity index (χ3v) is 4.17. The summed E-state index contributed by atoms with van der Waals surface area (Å²) in [6, 6.07) is 3.23. The number of aromatic nitrogens is 3. The van der Waals surface area contributed by atoms with Crippen molar-refractivity contribution in [3.63, 3.8) is 0 Å². The Hall–Kier alpha value is -2.12. The average Bonchev–Trinajstić information content (AvgIpc) is 3.26. The summed E-state index contributed by atoms with van der Waals surface area (Å²) < 4.78 is 6.92. The van der Waals surface area contributed by atoms with E-state index in [0.717, 1.165) is 0 Å². The highest BCUT2D eigenvalue weighted by Crippen LogP contribution is 2.38. The molecule has 1 fully saturated rings. The van der Waals surface area contributed by atoms with E-state index in [0.29, 0.717) is 18.0 Å². The number of epoxide rings is 1. The van der Waals surface area contributed by atoms with Crippen molar-refractivity contribution in [1.29, 1.82) is 0 Å². The minimum absolute atomic E-state index is 0.121. The predicted octanol–water partition coefficient (Wildman–Crippen LogP) is 3.22. The van der Waals surface area contributed by atoms with Crippen LogP contribution in [0.4, 0.5) is 10.5 Å². The first-order valence-corrected chi connectivity index (χ1v) is 7.96. The minimum atomic E-state index is -1.09. The number of amides is 1. The van der Waals surface area contributed by atoms with Gasteiger partial charge in [-0.25, -0.2) is 9.48 Å². The SMILES string of the molecule is CC(C)(C)C(C1CO1)N(C(=O)O)c1cn(-c2cccnc2)nc1Cl. The summed E-state index contributed by atoms with van der Waals surface area (Å²) in [5.74, 6) is 0. The number of rotatable bonds is 4. The first-order chi connectivity index (χ1) is 11.3. The Morgan fingerprint density at radius 2 is 2.25 bits per heavy atom. The highest BCUT2D eigenvalue weighted by molar-refractivity contribution is 6.32. The van der Waals surface area contributed by atoms with Crippen molar-refractivity contribution in [2.75, 3.05) is 11.5 Å². The standard InChI is InChI=1S/C16H19ClN4O3/c1-16(2,3)13(12-9-24-12)21(15(22)23)11-8-20(19-14(11)17)10-5-4-6-18-7-10/h4-8,12-13H,9H2,1-3H3,(H,22,23). The first kappa shape index (κ1) is 16.7. The number of halogens is 1. The van der Waals surface area contributed by atoms with Gasteiger partial charge in [0, 0.05) is 6.20 Å². The van der Waals surface area contributed by atoms with Gasteiger partial charge in [-0.15, -0.1) is 0 Å².